The summed E-state index contributed by atoms with van der Waals surface area (Å²) in [5.41, 5.74) is 6.11. The Morgan fingerprint density at radius 1 is 1.24 bits per heavy atom. The molecule has 1 aliphatic carbocycles. The van der Waals surface area contributed by atoms with Crippen LogP contribution in [0, 0.1) is 0 Å². The van der Waals surface area contributed by atoms with Gasteiger partial charge in [-0.25, -0.2) is 8.42 Å². The molecule has 1 fully saturated rings. The lowest BCUT2D eigenvalue weighted by Crippen LogP contribution is -2.30. The van der Waals surface area contributed by atoms with Gasteiger partial charge in [-0.15, -0.1) is 0 Å². The van der Waals surface area contributed by atoms with Gasteiger partial charge < -0.3 is 5.73 Å². The standard InChI is InChI=1S/C14H21N3O2S2/c1-20-14(16-12-5-3-2-4-6-12)17-21(18,19)13-9-7-11(15)8-10-13/h7-10,12H,2-6,15H2,1H3,(H,16,17). The normalized spacial score (nSPS) is 17.7. The van der Waals surface area contributed by atoms with Gasteiger partial charge in [0.05, 0.1) is 10.9 Å². The monoisotopic (exact) mass is 327 g/mol. The Bertz CT molecular complexity index is 591. The number of anilines is 1. The molecule has 0 aliphatic heterocycles. The van der Waals surface area contributed by atoms with E-state index < -0.39 is 10.0 Å². The first-order chi connectivity index (χ1) is 10.0. The number of nitrogen functional groups attached to an aromatic ring is 1. The number of hydrogen-bond acceptors (Lipinski definition) is 5. The molecule has 0 amide bonds. The molecule has 0 atom stereocenters. The number of sulfonamides is 1. The van der Waals surface area contributed by atoms with Gasteiger partial charge in [0.2, 0.25) is 0 Å². The van der Waals surface area contributed by atoms with Gasteiger partial charge in [-0.2, -0.15) is 0 Å². The van der Waals surface area contributed by atoms with E-state index >= 15 is 0 Å². The zero-order valence-corrected chi connectivity index (χ0v) is 13.7. The molecule has 1 saturated carbocycles. The van der Waals surface area contributed by atoms with Crippen LogP contribution in [0.5, 0.6) is 0 Å². The van der Waals surface area contributed by atoms with Crippen molar-refractivity contribution < 1.29 is 8.42 Å². The second-order valence-corrected chi connectivity index (χ2v) is 7.58. The number of amidine groups is 1. The molecule has 3 N–H and O–H groups in total. The molecule has 0 unspecified atom stereocenters. The molecular weight excluding hydrogens is 306 g/mol. The van der Waals surface area contributed by atoms with Crippen molar-refractivity contribution in [2.45, 2.75) is 43.0 Å². The van der Waals surface area contributed by atoms with Crippen LogP contribution in [0.4, 0.5) is 5.69 Å². The van der Waals surface area contributed by atoms with Gasteiger partial charge in [0, 0.05) is 5.69 Å². The predicted molar refractivity (Wildman–Crippen MR) is 89.0 cm³/mol. The van der Waals surface area contributed by atoms with Crippen LogP contribution in [0.15, 0.2) is 34.2 Å². The van der Waals surface area contributed by atoms with Crippen LogP contribution in [0.1, 0.15) is 32.1 Å². The van der Waals surface area contributed by atoms with Crippen molar-refractivity contribution in [3.05, 3.63) is 24.3 Å². The van der Waals surface area contributed by atoms with E-state index in [-0.39, 0.29) is 10.9 Å². The number of hydrogen-bond donors (Lipinski definition) is 2. The number of benzene rings is 1. The van der Waals surface area contributed by atoms with E-state index in [9.17, 15) is 8.42 Å². The van der Waals surface area contributed by atoms with E-state index in [2.05, 4.69) is 9.71 Å². The summed E-state index contributed by atoms with van der Waals surface area (Å²) in [7, 11) is -3.60. The van der Waals surface area contributed by atoms with Crippen molar-refractivity contribution in [1.82, 2.24) is 4.72 Å². The summed E-state index contributed by atoms with van der Waals surface area (Å²) in [6, 6.07) is 6.37. The molecule has 7 heteroatoms. The molecule has 1 aromatic rings. The van der Waals surface area contributed by atoms with E-state index in [0.717, 1.165) is 12.8 Å². The van der Waals surface area contributed by atoms with E-state index in [1.807, 2.05) is 6.26 Å². The third-order valence-corrected chi connectivity index (χ3v) is 5.56. The first-order valence-corrected chi connectivity index (χ1v) is 9.72. The summed E-state index contributed by atoms with van der Waals surface area (Å²) >= 11 is 1.32. The van der Waals surface area contributed by atoms with Crippen molar-refractivity contribution in [2.24, 2.45) is 4.99 Å². The van der Waals surface area contributed by atoms with Gasteiger partial charge in [-0.1, -0.05) is 31.0 Å². The topological polar surface area (TPSA) is 84.5 Å². The number of aliphatic imine (C=N–C) groups is 1. The Kier molecular flexibility index (Phi) is 5.52. The maximum absolute atomic E-state index is 12.3. The molecular formula is C14H21N3O2S2. The molecule has 116 valence electrons. The molecule has 21 heavy (non-hydrogen) atoms. The maximum atomic E-state index is 12.3. The Labute approximate surface area is 130 Å². The van der Waals surface area contributed by atoms with E-state index in [0.29, 0.717) is 10.9 Å². The predicted octanol–water partition coefficient (Wildman–Crippen LogP) is 2.60. The molecule has 0 bridgehead atoms. The van der Waals surface area contributed by atoms with Crippen LogP contribution >= 0.6 is 11.8 Å². The molecule has 0 spiro atoms. The second-order valence-electron chi connectivity index (χ2n) is 5.10. The first-order valence-electron chi connectivity index (χ1n) is 7.01. The lowest BCUT2D eigenvalue weighted by Gasteiger charge is -2.19. The summed E-state index contributed by atoms with van der Waals surface area (Å²) in [6.45, 7) is 0. The number of rotatable bonds is 3. The molecule has 5 nitrogen and oxygen atoms in total. The molecule has 2 rings (SSSR count). The number of thioether (sulfide) groups is 1. The summed E-state index contributed by atoms with van der Waals surface area (Å²) in [4.78, 5) is 4.74. The van der Waals surface area contributed by atoms with Crippen LogP contribution in [0.25, 0.3) is 0 Å². The largest absolute Gasteiger partial charge is 0.399 e. The van der Waals surface area contributed by atoms with Crippen molar-refractivity contribution >= 4 is 32.6 Å². The van der Waals surface area contributed by atoms with Gasteiger partial charge >= 0.3 is 0 Å². The molecule has 1 aliphatic rings. The van der Waals surface area contributed by atoms with E-state index in [1.165, 1.54) is 43.2 Å². The van der Waals surface area contributed by atoms with Crippen LogP contribution in [-0.2, 0) is 10.0 Å². The number of nitrogens with zero attached hydrogens (tertiary/aromatic N) is 1. The lowest BCUT2D eigenvalue weighted by molar-refractivity contribution is 0.443. The Hall–Kier alpha value is -1.21. The Morgan fingerprint density at radius 3 is 2.43 bits per heavy atom. The number of nitrogens with one attached hydrogen (secondary N) is 1. The average Bonchev–Trinajstić information content (AvgIpc) is 2.48. The van der Waals surface area contributed by atoms with Crippen LogP contribution in [0.2, 0.25) is 0 Å². The fraction of sp³-hybridized carbons (Fsp3) is 0.500. The fourth-order valence-corrected chi connectivity index (χ4v) is 4.13. The Morgan fingerprint density at radius 2 is 1.86 bits per heavy atom. The summed E-state index contributed by atoms with van der Waals surface area (Å²) in [5.74, 6) is 0. The zero-order valence-electron chi connectivity index (χ0n) is 12.1. The third kappa shape index (κ3) is 4.64. The molecule has 0 radical (unpaired) electrons. The van der Waals surface area contributed by atoms with Gasteiger partial charge in [0.15, 0.2) is 5.17 Å². The third-order valence-electron chi connectivity index (χ3n) is 3.48. The van der Waals surface area contributed by atoms with Gasteiger partial charge in [0.1, 0.15) is 0 Å². The molecule has 0 saturated heterocycles. The highest BCUT2D eigenvalue weighted by atomic mass is 32.2. The summed E-state index contributed by atoms with van der Waals surface area (Å²) < 4.78 is 27.2. The summed E-state index contributed by atoms with van der Waals surface area (Å²) in [6.07, 6.45) is 7.48. The van der Waals surface area contributed by atoms with Crippen LogP contribution in [-0.4, -0.2) is 25.9 Å². The molecule has 0 heterocycles. The van der Waals surface area contributed by atoms with Crippen molar-refractivity contribution in [2.75, 3.05) is 12.0 Å². The molecule has 1 aromatic carbocycles. The Balaban J connectivity index is 2.12. The first kappa shape index (κ1) is 16.2. The quantitative estimate of drug-likeness (QED) is 0.508. The number of nitrogens with two attached hydrogens (primary N) is 1. The minimum Gasteiger partial charge on any atom is -0.399 e. The summed E-state index contributed by atoms with van der Waals surface area (Å²) in [5, 5.41) is 0.457. The van der Waals surface area contributed by atoms with Crippen molar-refractivity contribution in [3.8, 4) is 0 Å². The van der Waals surface area contributed by atoms with Crippen LogP contribution in [0.3, 0.4) is 0 Å². The van der Waals surface area contributed by atoms with E-state index in [1.54, 1.807) is 12.1 Å². The lowest BCUT2D eigenvalue weighted by atomic mass is 9.96. The highest BCUT2D eigenvalue weighted by Gasteiger charge is 2.18. The fourth-order valence-electron chi connectivity index (χ4n) is 2.32. The van der Waals surface area contributed by atoms with Crippen molar-refractivity contribution in [1.29, 1.82) is 0 Å². The van der Waals surface area contributed by atoms with Gasteiger partial charge in [-0.05, 0) is 43.4 Å². The highest BCUT2D eigenvalue weighted by Crippen LogP contribution is 2.21. The van der Waals surface area contributed by atoms with Crippen molar-refractivity contribution in [3.63, 3.8) is 0 Å². The average molecular weight is 327 g/mol. The highest BCUT2D eigenvalue weighted by molar-refractivity contribution is 8.14. The molecule has 0 aromatic heterocycles. The van der Waals surface area contributed by atoms with Gasteiger partial charge in [0.25, 0.3) is 10.0 Å². The van der Waals surface area contributed by atoms with Gasteiger partial charge in [-0.3, -0.25) is 9.71 Å². The minimum absolute atomic E-state index is 0.196. The SMILES string of the molecule is CSC(=NC1CCCCC1)NS(=O)(=O)c1ccc(N)cc1. The van der Waals surface area contributed by atoms with Crippen LogP contribution < -0.4 is 10.5 Å². The zero-order chi connectivity index (χ0) is 15.3. The maximum Gasteiger partial charge on any atom is 0.263 e. The minimum atomic E-state index is -3.60. The smallest absolute Gasteiger partial charge is 0.263 e. The van der Waals surface area contributed by atoms with E-state index in [4.69, 9.17) is 5.73 Å². The second kappa shape index (κ2) is 7.17.